The zero-order valence-electron chi connectivity index (χ0n) is 24.0. The second-order valence-corrected chi connectivity index (χ2v) is 11.4. The number of alkyl halides is 3. The number of hydrogen-bond donors (Lipinski definition) is 2. The summed E-state index contributed by atoms with van der Waals surface area (Å²) in [6.45, 7) is 0. The molecular formula is C37H28F3N5. The molecular weight excluding hydrogens is 571 g/mol. The van der Waals surface area contributed by atoms with Gasteiger partial charge in [-0.2, -0.15) is 13.2 Å². The molecule has 1 unspecified atom stereocenters. The highest BCUT2D eigenvalue weighted by molar-refractivity contribution is 6.12. The number of halogens is 3. The van der Waals surface area contributed by atoms with E-state index in [4.69, 9.17) is 11.6 Å². The largest absolute Gasteiger partial charge is 0.417 e. The Balaban J connectivity index is 1.25. The van der Waals surface area contributed by atoms with Crippen molar-refractivity contribution >= 4 is 43.6 Å². The van der Waals surface area contributed by atoms with Crippen LogP contribution in [0.1, 0.15) is 6.17 Å². The van der Waals surface area contributed by atoms with E-state index in [1.165, 1.54) is 11.5 Å². The first-order chi connectivity index (χ1) is 21.8. The molecule has 222 valence electrons. The van der Waals surface area contributed by atoms with Crippen LogP contribution in [-0.4, -0.2) is 26.4 Å². The maximum atomic E-state index is 13.3. The minimum atomic E-state index is -4.49. The molecule has 3 heterocycles. The first-order valence-electron chi connectivity index (χ1n) is 14.7. The summed E-state index contributed by atoms with van der Waals surface area (Å²) in [5.74, 6) is 6.10. The maximum Gasteiger partial charge on any atom is 0.417 e. The van der Waals surface area contributed by atoms with Crippen molar-refractivity contribution < 1.29 is 13.2 Å². The lowest BCUT2D eigenvalue weighted by Gasteiger charge is -2.33. The van der Waals surface area contributed by atoms with Crippen LogP contribution in [0.15, 0.2) is 139 Å². The Bertz CT molecular complexity index is 2310. The summed E-state index contributed by atoms with van der Waals surface area (Å²) in [4.78, 5) is 0. The summed E-state index contributed by atoms with van der Waals surface area (Å²) in [5, 5.41) is 5.39. The van der Waals surface area contributed by atoms with Gasteiger partial charge in [0.1, 0.15) is 6.17 Å². The molecule has 2 atom stereocenters. The molecule has 1 aliphatic heterocycles. The van der Waals surface area contributed by atoms with Crippen molar-refractivity contribution in [2.45, 2.75) is 18.4 Å². The van der Waals surface area contributed by atoms with E-state index >= 15 is 0 Å². The number of hydrogen-bond acceptors (Lipinski definition) is 3. The van der Waals surface area contributed by atoms with E-state index in [-0.39, 0.29) is 0 Å². The van der Waals surface area contributed by atoms with Gasteiger partial charge < -0.3 is 19.9 Å². The topological polar surface area (TPSA) is 65.1 Å². The first kappa shape index (κ1) is 27.3. The monoisotopic (exact) mass is 599 g/mol. The van der Waals surface area contributed by atoms with Crippen molar-refractivity contribution in [3.63, 3.8) is 0 Å². The molecule has 8 rings (SSSR count). The van der Waals surface area contributed by atoms with Crippen molar-refractivity contribution in [2.75, 3.05) is 0 Å². The van der Waals surface area contributed by atoms with Crippen LogP contribution in [0.25, 0.3) is 60.4 Å². The van der Waals surface area contributed by atoms with Gasteiger partial charge in [-0.05, 0) is 59.7 Å². The summed E-state index contributed by atoms with van der Waals surface area (Å²) in [5.41, 5.74) is 13.2. The number of rotatable bonds is 4. The highest BCUT2D eigenvalue weighted by Gasteiger charge is 2.36. The number of allylic oxidation sites excluding steroid dienone is 2. The summed E-state index contributed by atoms with van der Waals surface area (Å²) in [6, 6.07) is 38.9. The number of benzene rings is 5. The van der Waals surface area contributed by atoms with Gasteiger partial charge >= 0.3 is 6.18 Å². The van der Waals surface area contributed by atoms with E-state index in [2.05, 4.69) is 71.3 Å². The minimum Gasteiger partial charge on any atom is -0.322 e. The van der Waals surface area contributed by atoms with Gasteiger partial charge in [0.15, 0.2) is 0 Å². The maximum absolute atomic E-state index is 13.3. The van der Waals surface area contributed by atoms with Crippen LogP contribution in [-0.2, 0) is 0 Å². The lowest BCUT2D eigenvalue weighted by Crippen LogP contribution is -2.46. The normalized spacial score (nSPS) is 16.2. The van der Waals surface area contributed by atoms with Gasteiger partial charge in [0.25, 0.3) is 0 Å². The molecule has 7 aromatic rings. The fraction of sp³-hybridized carbons (Fsp3) is 0.0811. The van der Waals surface area contributed by atoms with Gasteiger partial charge in [0, 0.05) is 33.4 Å². The van der Waals surface area contributed by atoms with Crippen LogP contribution in [0.3, 0.4) is 0 Å². The predicted molar refractivity (Wildman–Crippen MR) is 176 cm³/mol. The minimum absolute atomic E-state index is 0.681. The highest BCUT2D eigenvalue weighted by atomic mass is 19.4. The second-order valence-electron chi connectivity index (χ2n) is 11.4. The molecule has 4 N–H and O–H groups in total. The Labute approximate surface area is 256 Å². The van der Waals surface area contributed by atoms with Crippen LogP contribution in [0.2, 0.25) is 0 Å². The number of nitrogens with zero attached hydrogens (tertiary/aromatic N) is 3. The van der Waals surface area contributed by atoms with E-state index in [1.54, 1.807) is 0 Å². The van der Waals surface area contributed by atoms with E-state index in [0.29, 0.717) is 0 Å². The summed E-state index contributed by atoms with van der Waals surface area (Å²) >= 11 is 0. The first-order valence-corrected chi connectivity index (χ1v) is 14.7. The quantitative estimate of drug-likeness (QED) is 0.199. The summed E-state index contributed by atoms with van der Waals surface area (Å²) in [6.07, 6.45) is -1.87. The Morgan fingerprint density at radius 3 is 1.82 bits per heavy atom. The molecule has 1 aliphatic rings. The lowest BCUT2D eigenvalue weighted by atomic mass is 10.0. The second kappa shape index (κ2) is 10.1. The molecule has 2 aromatic heterocycles. The van der Waals surface area contributed by atoms with Crippen molar-refractivity contribution in [2.24, 2.45) is 11.6 Å². The van der Waals surface area contributed by atoms with Crippen LogP contribution in [0.4, 0.5) is 13.2 Å². The average molecular weight is 600 g/mol. The zero-order valence-corrected chi connectivity index (χ0v) is 24.0. The summed E-state index contributed by atoms with van der Waals surface area (Å²) < 4.78 is 44.2. The highest BCUT2D eigenvalue weighted by Crippen LogP contribution is 2.39. The third-order valence-electron chi connectivity index (χ3n) is 8.81. The molecule has 45 heavy (non-hydrogen) atoms. The van der Waals surface area contributed by atoms with Crippen LogP contribution in [0.5, 0.6) is 0 Å². The van der Waals surface area contributed by atoms with Gasteiger partial charge in [-0.1, -0.05) is 78.9 Å². The summed E-state index contributed by atoms with van der Waals surface area (Å²) in [7, 11) is 0. The average Bonchev–Trinajstić information content (AvgIpc) is 3.56. The van der Waals surface area contributed by atoms with Crippen molar-refractivity contribution in [3.8, 4) is 16.8 Å². The predicted octanol–water partition coefficient (Wildman–Crippen LogP) is 8.58. The fourth-order valence-electron chi connectivity index (χ4n) is 6.71. The molecule has 0 aliphatic carbocycles. The Morgan fingerprint density at radius 2 is 1.16 bits per heavy atom. The number of fused-ring (bicyclic) bond motifs is 6. The van der Waals surface area contributed by atoms with E-state index in [0.717, 1.165) is 72.3 Å². The van der Waals surface area contributed by atoms with Crippen molar-refractivity contribution in [1.29, 1.82) is 0 Å². The van der Waals surface area contributed by atoms with Gasteiger partial charge in [-0.3, -0.25) is 0 Å². The van der Waals surface area contributed by atoms with Crippen molar-refractivity contribution in [3.05, 3.63) is 139 Å². The van der Waals surface area contributed by atoms with Gasteiger partial charge in [0.2, 0.25) is 0 Å². The van der Waals surface area contributed by atoms with Crippen molar-refractivity contribution in [1.82, 2.24) is 14.1 Å². The van der Waals surface area contributed by atoms with E-state index in [1.807, 2.05) is 53.1 Å². The molecule has 0 amide bonds. The zero-order chi connectivity index (χ0) is 30.9. The van der Waals surface area contributed by atoms with Crippen LogP contribution >= 0.6 is 0 Å². The number of nitrogens with two attached hydrogens (primary N) is 2. The number of hydrazine groups is 1. The molecule has 5 aromatic carbocycles. The number of para-hydroxylation sites is 3. The molecule has 0 saturated carbocycles. The van der Waals surface area contributed by atoms with E-state index < -0.39 is 24.0 Å². The Hall–Kier alpha value is -5.31. The Kier molecular flexibility index (Phi) is 6.13. The van der Waals surface area contributed by atoms with Gasteiger partial charge in [-0.15, -0.1) is 0 Å². The Morgan fingerprint density at radius 1 is 0.622 bits per heavy atom. The van der Waals surface area contributed by atoms with E-state index in [9.17, 15) is 13.2 Å². The molecule has 5 nitrogen and oxygen atoms in total. The smallest absolute Gasteiger partial charge is 0.322 e. The fourth-order valence-corrected chi connectivity index (χ4v) is 6.71. The molecule has 0 saturated heterocycles. The van der Waals surface area contributed by atoms with Gasteiger partial charge in [-0.25, -0.2) is 5.84 Å². The third-order valence-corrected chi connectivity index (χ3v) is 8.81. The standard InChI is InChI=1S/C37H28F3N5/c38-37(39,40)25-16-19-35(43(42)22-25)36(41)45-32-13-7-5-11-28(32)30-21-24(15-18-34(30)45)23-14-17-33-29(20-23)27-10-4-6-12-31(27)44(33)26-8-2-1-3-9-26/h1-22,35-36H,41-42H2/t35?,36-/m0/s1. The molecule has 0 fully saturated rings. The number of aromatic nitrogens is 2. The van der Waals surface area contributed by atoms with Gasteiger partial charge in [0.05, 0.1) is 33.7 Å². The SMILES string of the molecule is N[C@H](C1C=CC(C(F)(F)F)=CN1N)n1c2ccccc2c2cc(-c3ccc4c(c3)c3ccccc3n4-c3ccccc3)ccc21. The molecule has 0 radical (unpaired) electrons. The van der Waals surface area contributed by atoms with Crippen LogP contribution < -0.4 is 11.6 Å². The van der Waals surface area contributed by atoms with Crippen LogP contribution in [0, 0.1) is 0 Å². The molecule has 8 heteroatoms. The molecule has 0 bridgehead atoms. The lowest BCUT2D eigenvalue weighted by molar-refractivity contribution is -0.0900. The molecule has 0 spiro atoms. The third kappa shape index (κ3) is 4.33.